The van der Waals surface area contributed by atoms with Crippen molar-refractivity contribution in [3.05, 3.63) is 20.3 Å². The second-order valence-corrected chi connectivity index (χ2v) is 6.97. The van der Waals surface area contributed by atoms with Crippen molar-refractivity contribution in [2.75, 3.05) is 6.61 Å². The summed E-state index contributed by atoms with van der Waals surface area (Å²) in [6.45, 7) is 2.97. The molecule has 15 heavy (non-hydrogen) atoms. The molecular formula is C11H14BrClOS. The van der Waals surface area contributed by atoms with Crippen LogP contribution < -0.4 is 0 Å². The third-order valence-corrected chi connectivity index (χ3v) is 4.85. The highest BCUT2D eigenvalue weighted by Crippen LogP contribution is 2.38. The highest BCUT2D eigenvalue weighted by Gasteiger charge is 2.26. The molecular weight excluding hydrogens is 296 g/mol. The lowest BCUT2D eigenvalue weighted by Gasteiger charge is -2.26. The van der Waals surface area contributed by atoms with Crippen LogP contribution >= 0.6 is 38.9 Å². The Bertz CT molecular complexity index is 333. The predicted molar refractivity (Wildman–Crippen MR) is 68.9 cm³/mol. The first-order valence-corrected chi connectivity index (χ1v) is 7.24. The van der Waals surface area contributed by atoms with Crippen LogP contribution in [0.3, 0.4) is 0 Å². The minimum Gasteiger partial charge on any atom is -0.376 e. The lowest BCUT2D eigenvalue weighted by Crippen LogP contribution is -2.23. The first-order chi connectivity index (χ1) is 7.18. The van der Waals surface area contributed by atoms with Crippen LogP contribution in [-0.4, -0.2) is 12.7 Å². The third-order valence-electron chi connectivity index (χ3n) is 2.76. The van der Waals surface area contributed by atoms with Crippen LogP contribution in [-0.2, 0) is 4.74 Å². The Kier molecular flexibility index (Phi) is 4.10. The molecule has 1 aliphatic rings. The molecule has 0 saturated carbocycles. The van der Waals surface area contributed by atoms with E-state index >= 15 is 0 Å². The van der Waals surface area contributed by atoms with Gasteiger partial charge in [0.25, 0.3) is 0 Å². The van der Waals surface area contributed by atoms with Crippen molar-refractivity contribution in [1.82, 2.24) is 0 Å². The molecule has 0 radical (unpaired) electrons. The van der Waals surface area contributed by atoms with E-state index in [1.807, 2.05) is 0 Å². The normalized spacial score (nSPS) is 24.1. The fourth-order valence-electron chi connectivity index (χ4n) is 1.93. The molecule has 0 spiro atoms. The van der Waals surface area contributed by atoms with Gasteiger partial charge in [0, 0.05) is 11.5 Å². The topological polar surface area (TPSA) is 9.23 Å². The Balaban J connectivity index is 2.12. The molecule has 0 aliphatic carbocycles. The molecule has 4 heteroatoms. The van der Waals surface area contributed by atoms with Crippen molar-refractivity contribution in [1.29, 1.82) is 0 Å². The van der Waals surface area contributed by atoms with Crippen molar-refractivity contribution >= 4 is 38.9 Å². The lowest BCUT2D eigenvalue weighted by molar-refractivity contribution is 0.0135. The van der Waals surface area contributed by atoms with Crippen LogP contribution in [0.1, 0.15) is 35.1 Å². The zero-order valence-electron chi connectivity index (χ0n) is 8.63. The van der Waals surface area contributed by atoms with E-state index in [2.05, 4.69) is 28.9 Å². The Morgan fingerprint density at radius 1 is 1.60 bits per heavy atom. The molecule has 2 atom stereocenters. The van der Waals surface area contributed by atoms with Gasteiger partial charge in [-0.3, -0.25) is 0 Å². The van der Waals surface area contributed by atoms with E-state index in [4.69, 9.17) is 16.3 Å². The minimum atomic E-state index is 0.00727. The Morgan fingerprint density at radius 2 is 2.40 bits per heavy atom. The van der Waals surface area contributed by atoms with Gasteiger partial charge in [0.2, 0.25) is 0 Å². The molecule has 2 heterocycles. The van der Waals surface area contributed by atoms with Crippen molar-refractivity contribution in [3.8, 4) is 0 Å². The van der Waals surface area contributed by atoms with Crippen LogP contribution in [0.2, 0.25) is 0 Å². The lowest BCUT2D eigenvalue weighted by atomic mass is 10.0. The summed E-state index contributed by atoms with van der Waals surface area (Å²) in [4.78, 5) is 1.29. The van der Waals surface area contributed by atoms with E-state index in [1.54, 1.807) is 11.3 Å². The van der Waals surface area contributed by atoms with Gasteiger partial charge in [0.05, 0.1) is 15.3 Å². The van der Waals surface area contributed by atoms with E-state index in [9.17, 15) is 0 Å². The van der Waals surface area contributed by atoms with E-state index < -0.39 is 0 Å². The first-order valence-electron chi connectivity index (χ1n) is 5.20. The van der Waals surface area contributed by atoms with Crippen molar-refractivity contribution < 1.29 is 4.74 Å². The number of rotatable bonds is 2. The molecule has 84 valence electrons. The molecule has 1 saturated heterocycles. The number of alkyl halides is 1. The van der Waals surface area contributed by atoms with Gasteiger partial charge < -0.3 is 4.74 Å². The zero-order valence-corrected chi connectivity index (χ0v) is 11.8. The first kappa shape index (κ1) is 11.9. The number of ether oxygens (including phenoxy) is 1. The summed E-state index contributed by atoms with van der Waals surface area (Å²) in [5.74, 6) is 0. The third kappa shape index (κ3) is 2.76. The maximum Gasteiger partial charge on any atom is 0.0858 e. The number of hydrogen-bond donors (Lipinski definition) is 0. The summed E-state index contributed by atoms with van der Waals surface area (Å²) in [5.41, 5.74) is 1.22. The Hall–Kier alpha value is 0.430. The average Bonchev–Trinajstić information content (AvgIpc) is 2.58. The molecule has 2 rings (SSSR count). The summed E-state index contributed by atoms with van der Waals surface area (Å²) < 4.78 is 6.87. The second kappa shape index (κ2) is 5.17. The smallest absolute Gasteiger partial charge is 0.0858 e. The van der Waals surface area contributed by atoms with Crippen LogP contribution in [0.15, 0.2) is 9.85 Å². The van der Waals surface area contributed by atoms with Gasteiger partial charge in [-0.05, 0) is 53.7 Å². The number of aryl methyl sites for hydroxylation is 1. The molecule has 2 unspecified atom stereocenters. The van der Waals surface area contributed by atoms with Crippen LogP contribution in [0.25, 0.3) is 0 Å². The van der Waals surface area contributed by atoms with Crippen LogP contribution in [0, 0.1) is 6.92 Å². The van der Waals surface area contributed by atoms with Gasteiger partial charge in [-0.1, -0.05) is 0 Å². The summed E-state index contributed by atoms with van der Waals surface area (Å²) in [7, 11) is 0. The largest absolute Gasteiger partial charge is 0.376 e. The Morgan fingerprint density at radius 3 is 2.93 bits per heavy atom. The van der Waals surface area contributed by atoms with E-state index in [0.717, 1.165) is 16.8 Å². The van der Waals surface area contributed by atoms with Crippen LogP contribution in [0.4, 0.5) is 0 Å². The maximum absolute atomic E-state index is 6.46. The van der Waals surface area contributed by atoms with Gasteiger partial charge in [0.1, 0.15) is 0 Å². The highest BCUT2D eigenvalue weighted by molar-refractivity contribution is 9.11. The van der Waals surface area contributed by atoms with Gasteiger partial charge in [-0.2, -0.15) is 0 Å². The number of halogens is 2. The van der Waals surface area contributed by atoms with Gasteiger partial charge in [0.15, 0.2) is 0 Å². The van der Waals surface area contributed by atoms with Crippen molar-refractivity contribution in [2.45, 2.75) is 37.7 Å². The van der Waals surface area contributed by atoms with Crippen molar-refractivity contribution in [2.24, 2.45) is 0 Å². The molecule has 1 aliphatic heterocycles. The fourth-order valence-corrected chi connectivity index (χ4v) is 4.18. The molecule has 0 bridgehead atoms. The van der Waals surface area contributed by atoms with E-state index in [-0.39, 0.29) is 11.5 Å². The quantitative estimate of drug-likeness (QED) is 0.722. The van der Waals surface area contributed by atoms with E-state index in [1.165, 1.54) is 23.3 Å². The van der Waals surface area contributed by atoms with Gasteiger partial charge in [-0.15, -0.1) is 22.9 Å². The molecule has 1 fully saturated rings. The standard InChI is InChI=1S/C11H14BrClOS/c1-7-8(6-10(12)15-7)11(13)9-4-2-3-5-14-9/h6,9,11H,2-5H2,1H3. The SMILES string of the molecule is Cc1sc(Br)cc1C(Cl)C1CCCCO1. The average molecular weight is 310 g/mol. The molecule has 1 aromatic heterocycles. The summed E-state index contributed by atoms with van der Waals surface area (Å²) in [5, 5.41) is 0.00727. The maximum atomic E-state index is 6.46. The predicted octanol–water partition coefficient (Wildman–Crippen LogP) is 4.67. The van der Waals surface area contributed by atoms with Crippen LogP contribution in [0.5, 0.6) is 0 Å². The summed E-state index contributed by atoms with van der Waals surface area (Å²) >= 11 is 11.7. The van der Waals surface area contributed by atoms with Gasteiger partial charge >= 0.3 is 0 Å². The number of hydrogen-bond acceptors (Lipinski definition) is 2. The molecule has 0 amide bonds. The molecule has 1 nitrogen and oxygen atoms in total. The fraction of sp³-hybridized carbons (Fsp3) is 0.636. The van der Waals surface area contributed by atoms with Gasteiger partial charge in [-0.25, -0.2) is 0 Å². The highest BCUT2D eigenvalue weighted by atomic mass is 79.9. The van der Waals surface area contributed by atoms with Crippen molar-refractivity contribution in [3.63, 3.8) is 0 Å². The summed E-state index contributed by atoms with van der Waals surface area (Å²) in [6, 6.07) is 2.12. The Labute approximate surface area is 108 Å². The monoisotopic (exact) mass is 308 g/mol. The minimum absolute atomic E-state index is 0.00727. The molecule has 1 aromatic rings. The number of thiophene rings is 1. The summed E-state index contributed by atoms with van der Waals surface area (Å²) in [6.07, 6.45) is 3.69. The zero-order chi connectivity index (χ0) is 10.8. The molecule has 0 aromatic carbocycles. The van der Waals surface area contributed by atoms with E-state index in [0.29, 0.717) is 0 Å². The second-order valence-electron chi connectivity index (χ2n) is 3.87. The molecule has 0 N–H and O–H groups in total.